The lowest BCUT2D eigenvalue weighted by molar-refractivity contribution is -0.160. The van der Waals surface area contributed by atoms with E-state index in [1.807, 2.05) is 6.92 Å². The van der Waals surface area contributed by atoms with Crippen LogP contribution in [-0.2, 0) is 19.1 Å². The molecule has 0 bridgehead atoms. The molecule has 0 aromatic heterocycles. The molecule has 5 nitrogen and oxygen atoms in total. The number of methoxy groups -OCH3 is 2. The summed E-state index contributed by atoms with van der Waals surface area (Å²) in [7, 11) is 2.41. The molecule has 2 aromatic rings. The largest absolute Gasteiger partial charge is 0.468 e. The Morgan fingerprint density at radius 1 is 0.931 bits per heavy atom. The number of Topliss-reactive ketones (excluding diaryl/α,β-unsaturated/α-hetero) is 1. The molecule has 0 radical (unpaired) electrons. The average molecular weight is 482 g/mol. The number of halogens is 2. The number of rotatable bonds is 8. The molecule has 0 heterocycles. The van der Waals surface area contributed by atoms with Crippen molar-refractivity contribution in [2.45, 2.75) is 19.3 Å². The molecular formula is C22H22BrClO5. The van der Waals surface area contributed by atoms with Crippen molar-refractivity contribution in [3.63, 3.8) is 0 Å². The lowest BCUT2D eigenvalue weighted by atomic mass is 9.72. The lowest BCUT2D eigenvalue weighted by Crippen LogP contribution is -2.38. The normalized spacial score (nSPS) is 12.9. The molecule has 0 spiro atoms. The van der Waals surface area contributed by atoms with Gasteiger partial charge in [-0.2, -0.15) is 0 Å². The summed E-state index contributed by atoms with van der Waals surface area (Å²) in [6.07, 6.45) is 0.409. The maximum atomic E-state index is 13.3. The van der Waals surface area contributed by atoms with E-state index in [0.29, 0.717) is 22.6 Å². The third-order valence-corrected chi connectivity index (χ3v) is 5.64. The highest BCUT2D eigenvalue weighted by Gasteiger charge is 2.44. The molecular weight excluding hydrogens is 460 g/mol. The van der Waals surface area contributed by atoms with Crippen molar-refractivity contribution in [2.24, 2.45) is 11.8 Å². The van der Waals surface area contributed by atoms with Crippen molar-refractivity contribution < 1.29 is 23.9 Å². The fourth-order valence-electron chi connectivity index (χ4n) is 3.42. The molecule has 29 heavy (non-hydrogen) atoms. The van der Waals surface area contributed by atoms with Gasteiger partial charge in [-0.15, -0.1) is 0 Å². The van der Waals surface area contributed by atoms with Gasteiger partial charge in [0, 0.05) is 26.9 Å². The van der Waals surface area contributed by atoms with Gasteiger partial charge >= 0.3 is 11.9 Å². The summed E-state index contributed by atoms with van der Waals surface area (Å²) in [6, 6.07) is 13.7. The standard InChI is InChI=1S/C22H22BrClO5/c1-4-17(20(25)14-7-11-16(24)12-8-14)18(13-5-9-15(23)10-6-13)19(21(26)28-2)22(27)29-3/h5-12,17-19H,4H2,1-3H3/t17-,18-/m1/s1. The second kappa shape index (κ2) is 10.6. The van der Waals surface area contributed by atoms with E-state index < -0.39 is 29.7 Å². The minimum atomic E-state index is -1.27. The van der Waals surface area contributed by atoms with E-state index in [4.69, 9.17) is 21.1 Å². The molecule has 0 N–H and O–H groups in total. The highest BCUT2D eigenvalue weighted by Crippen LogP contribution is 2.38. The fourth-order valence-corrected chi connectivity index (χ4v) is 3.81. The number of benzene rings is 2. The van der Waals surface area contributed by atoms with Crippen LogP contribution in [0, 0.1) is 11.8 Å². The van der Waals surface area contributed by atoms with Crippen molar-refractivity contribution in [3.8, 4) is 0 Å². The average Bonchev–Trinajstić information content (AvgIpc) is 2.73. The van der Waals surface area contributed by atoms with Gasteiger partial charge in [-0.25, -0.2) is 0 Å². The van der Waals surface area contributed by atoms with Gasteiger partial charge in [0.1, 0.15) is 0 Å². The summed E-state index contributed by atoms with van der Waals surface area (Å²) in [5.41, 5.74) is 1.13. The van der Waals surface area contributed by atoms with Gasteiger partial charge in [0.2, 0.25) is 0 Å². The number of ether oxygens (including phenoxy) is 2. The van der Waals surface area contributed by atoms with Gasteiger partial charge < -0.3 is 9.47 Å². The Hall–Kier alpha value is -2.18. The molecule has 7 heteroatoms. The van der Waals surface area contributed by atoms with Crippen molar-refractivity contribution in [2.75, 3.05) is 14.2 Å². The molecule has 2 atom stereocenters. The Morgan fingerprint density at radius 2 is 1.45 bits per heavy atom. The molecule has 0 saturated heterocycles. The van der Waals surface area contributed by atoms with E-state index in [9.17, 15) is 14.4 Å². The summed E-state index contributed by atoms with van der Waals surface area (Å²) >= 11 is 9.32. The number of carbonyl (C=O) groups is 3. The quantitative estimate of drug-likeness (QED) is 0.299. The Labute approximate surface area is 183 Å². The summed E-state index contributed by atoms with van der Waals surface area (Å²) in [5, 5.41) is 0.515. The van der Waals surface area contributed by atoms with E-state index >= 15 is 0 Å². The van der Waals surface area contributed by atoms with Crippen LogP contribution < -0.4 is 0 Å². The van der Waals surface area contributed by atoms with Crippen molar-refractivity contribution >= 4 is 45.3 Å². The zero-order valence-corrected chi connectivity index (χ0v) is 18.7. The van der Waals surface area contributed by atoms with Gasteiger partial charge in [-0.1, -0.05) is 46.6 Å². The summed E-state index contributed by atoms with van der Waals surface area (Å²) < 4.78 is 10.6. The van der Waals surface area contributed by atoms with Gasteiger partial charge in [0.25, 0.3) is 0 Å². The summed E-state index contributed by atoms with van der Waals surface area (Å²) in [4.78, 5) is 38.5. The van der Waals surface area contributed by atoms with Crippen LogP contribution in [0.2, 0.25) is 5.02 Å². The monoisotopic (exact) mass is 480 g/mol. The van der Waals surface area contributed by atoms with E-state index in [0.717, 1.165) is 4.47 Å². The van der Waals surface area contributed by atoms with Crippen molar-refractivity contribution in [1.82, 2.24) is 0 Å². The highest BCUT2D eigenvalue weighted by molar-refractivity contribution is 9.10. The third kappa shape index (κ3) is 5.46. The first kappa shape index (κ1) is 23.1. The Balaban J connectivity index is 2.60. The number of carbonyl (C=O) groups excluding carboxylic acids is 3. The maximum Gasteiger partial charge on any atom is 0.320 e. The predicted molar refractivity (Wildman–Crippen MR) is 114 cm³/mol. The smallest absolute Gasteiger partial charge is 0.320 e. The Morgan fingerprint density at radius 3 is 1.90 bits per heavy atom. The van der Waals surface area contributed by atoms with E-state index in [-0.39, 0.29) is 5.78 Å². The zero-order valence-electron chi connectivity index (χ0n) is 16.4. The first-order valence-corrected chi connectivity index (χ1v) is 10.2. The van der Waals surface area contributed by atoms with Crippen LogP contribution in [0.1, 0.15) is 35.2 Å². The number of hydrogen-bond acceptors (Lipinski definition) is 5. The summed E-state index contributed by atoms with van der Waals surface area (Å²) in [6.45, 7) is 1.84. The molecule has 0 amide bonds. The van der Waals surface area contributed by atoms with Crippen LogP contribution in [0.3, 0.4) is 0 Å². The first-order chi connectivity index (χ1) is 13.8. The molecule has 0 saturated carbocycles. The Bertz CT molecular complexity index is 848. The number of ketones is 1. The molecule has 0 unspecified atom stereocenters. The maximum absolute atomic E-state index is 13.3. The summed E-state index contributed by atoms with van der Waals surface area (Å²) in [5.74, 6) is -4.35. The van der Waals surface area contributed by atoms with E-state index in [1.165, 1.54) is 14.2 Å². The SMILES string of the molecule is CC[C@@H](C(=O)c1ccc(Cl)cc1)[C@@H](c1ccc(Br)cc1)C(C(=O)OC)C(=O)OC. The van der Waals surface area contributed by atoms with Gasteiger partial charge in [0.15, 0.2) is 11.7 Å². The minimum absolute atomic E-state index is 0.185. The molecule has 2 rings (SSSR count). The molecule has 0 aliphatic rings. The van der Waals surface area contributed by atoms with Gasteiger partial charge in [0.05, 0.1) is 14.2 Å². The molecule has 0 aliphatic heterocycles. The molecule has 0 aliphatic carbocycles. The lowest BCUT2D eigenvalue weighted by Gasteiger charge is -2.30. The first-order valence-electron chi connectivity index (χ1n) is 9.04. The van der Waals surface area contributed by atoms with Gasteiger partial charge in [-0.3, -0.25) is 14.4 Å². The molecule has 0 fully saturated rings. The van der Waals surface area contributed by atoms with Crippen molar-refractivity contribution in [1.29, 1.82) is 0 Å². The van der Waals surface area contributed by atoms with Crippen LogP contribution in [0.15, 0.2) is 53.0 Å². The molecule has 154 valence electrons. The van der Waals surface area contributed by atoms with Crippen molar-refractivity contribution in [3.05, 3.63) is 69.2 Å². The zero-order chi connectivity index (χ0) is 21.6. The Kier molecular flexibility index (Phi) is 8.41. The van der Waals surface area contributed by atoms with Gasteiger partial charge in [-0.05, 0) is 48.4 Å². The second-order valence-electron chi connectivity index (χ2n) is 6.49. The van der Waals surface area contributed by atoms with Crippen LogP contribution in [0.25, 0.3) is 0 Å². The highest BCUT2D eigenvalue weighted by atomic mass is 79.9. The number of hydrogen-bond donors (Lipinski definition) is 0. The minimum Gasteiger partial charge on any atom is -0.468 e. The number of esters is 2. The molecule has 2 aromatic carbocycles. The van der Waals surface area contributed by atoms with Crippen LogP contribution >= 0.6 is 27.5 Å². The van der Waals surface area contributed by atoms with Crippen LogP contribution in [0.5, 0.6) is 0 Å². The van der Waals surface area contributed by atoms with E-state index in [2.05, 4.69) is 15.9 Å². The van der Waals surface area contributed by atoms with Crippen LogP contribution in [-0.4, -0.2) is 31.9 Å². The predicted octanol–water partition coefficient (Wildman–Crippen LogP) is 5.06. The van der Waals surface area contributed by atoms with E-state index in [1.54, 1.807) is 48.5 Å². The second-order valence-corrected chi connectivity index (χ2v) is 7.84. The van der Waals surface area contributed by atoms with Crippen LogP contribution in [0.4, 0.5) is 0 Å². The third-order valence-electron chi connectivity index (χ3n) is 4.86. The fraction of sp³-hybridized carbons (Fsp3) is 0.318. The topological polar surface area (TPSA) is 69.7 Å².